The standard InChI is InChI=1S/C21H32N6O.HI/c1-4-25(5-2)18(19-9-8-16-28-19)17-24-21(22-3)27-14-12-26(13-15-27)20-10-6-7-11-23-20;/h6-11,16,18H,4-5,12-15,17H2,1-3H3,(H,22,24);1H. The lowest BCUT2D eigenvalue weighted by Crippen LogP contribution is -2.53. The summed E-state index contributed by atoms with van der Waals surface area (Å²) in [7, 11) is 1.85. The Labute approximate surface area is 191 Å². The number of piperazine rings is 1. The molecule has 160 valence electrons. The molecule has 3 rings (SSSR count). The Morgan fingerprint density at radius 3 is 2.48 bits per heavy atom. The number of nitrogens with zero attached hydrogens (tertiary/aromatic N) is 5. The van der Waals surface area contributed by atoms with Crippen molar-refractivity contribution in [2.24, 2.45) is 4.99 Å². The molecule has 0 bridgehead atoms. The quantitative estimate of drug-likeness (QED) is 0.350. The number of likely N-dealkylation sites (N-methyl/N-ethyl adjacent to an activating group) is 1. The van der Waals surface area contributed by atoms with E-state index >= 15 is 0 Å². The number of rotatable bonds is 7. The number of aliphatic imine (C=N–C) groups is 1. The van der Waals surface area contributed by atoms with Crippen LogP contribution in [0, 0.1) is 0 Å². The summed E-state index contributed by atoms with van der Waals surface area (Å²) in [6, 6.07) is 10.3. The zero-order chi connectivity index (χ0) is 19.8. The Kier molecular flexibility index (Phi) is 9.72. The van der Waals surface area contributed by atoms with Crippen molar-refractivity contribution in [3.05, 3.63) is 48.6 Å². The number of aromatic nitrogens is 1. The van der Waals surface area contributed by atoms with Crippen LogP contribution in [0.15, 0.2) is 52.2 Å². The Hall–Kier alpha value is -1.81. The van der Waals surface area contributed by atoms with E-state index in [9.17, 15) is 0 Å². The van der Waals surface area contributed by atoms with Crippen molar-refractivity contribution in [1.82, 2.24) is 20.1 Å². The average Bonchev–Trinajstić information content (AvgIpc) is 3.29. The van der Waals surface area contributed by atoms with Crippen LogP contribution in [-0.2, 0) is 0 Å². The van der Waals surface area contributed by atoms with Gasteiger partial charge in [0.1, 0.15) is 11.6 Å². The molecule has 0 aromatic carbocycles. The molecule has 7 nitrogen and oxygen atoms in total. The summed E-state index contributed by atoms with van der Waals surface area (Å²) in [4.78, 5) is 16.0. The molecule has 1 aliphatic heterocycles. The molecule has 8 heteroatoms. The molecule has 1 fully saturated rings. The largest absolute Gasteiger partial charge is 0.468 e. The van der Waals surface area contributed by atoms with Crippen molar-refractivity contribution in [1.29, 1.82) is 0 Å². The Morgan fingerprint density at radius 1 is 1.17 bits per heavy atom. The zero-order valence-corrected chi connectivity index (χ0v) is 20.0. The summed E-state index contributed by atoms with van der Waals surface area (Å²) in [5.41, 5.74) is 0. The van der Waals surface area contributed by atoms with Gasteiger partial charge in [0.15, 0.2) is 5.96 Å². The van der Waals surface area contributed by atoms with Gasteiger partial charge in [-0.15, -0.1) is 24.0 Å². The van der Waals surface area contributed by atoms with Crippen LogP contribution in [0.3, 0.4) is 0 Å². The van der Waals surface area contributed by atoms with Crippen molar-refractivity contribution in [3.8, 4) is 0 Å². The third-order valence-electron chi connectivity index (χ3n) is 5.34. The number of guanidine groups is 1. The maximum Gasteiger partial charge on any atom is 0.193 e. The first-order chi connectivity index (χ1) is 13.8. The van der Waals surface area contributed by atoms with E-state index in [2.05, 4.69) is 56.0 Å². The monoisotopic (exact) mass is 512 g/mol. The van der Waals surface area contributed by atoms with Crippen molar-refractivity contribution in [2.45, 2.75) is 19.9 Å². The fourth-order valence-electron chi connectivity index (χ4n) is 3.76. The normalized spacial score (nSPS) is 15.9. The first kappa shape index (κ1) is 23.5. The van der Waals surface area contributed by atoms with Gasteiger partial charge in [-0.3, -0.25) is 9.89 Å². The van der Waals surface area contributed by atoms with Gasteiger partial charge in [0.25, 0.3) is 0 Å². The van der Waals surface area contributed by atoms with Crippen LogP contribution in [0.25, 0.3) is 0 Å². The fourth-order valence-corrected chi connectivity index (χ4v) is 3.76. The molecule has 29 heavy (non-hydrogen) atoms. The number of hydrogen-bond donors (Lipinski definition) is 1. The van der Waals surface area contributed by atoms with Crippen LogP contribution in [0.5, 0.6) is 0 Å². The fraction of sp³-hybridized carbons (Fsp3) is 0.524. The minimum absolute atomic E-state index is 0. The van der Waals surface area contributed by atoms with E-state index in [0.29, 0.717) is 0 Å². The molecular formula is C21H33IN6O. The molecule has 2 aromatic heterocycles. The van der Waals surface area contributed by atoms with Crippen LogP contribution >= 0.6 is 24.0 Å². The number of pyridine rings is 1. The second-order valence-electron chi connectivity index (χ2n) is 6.84. The molecule has 0 amide bonds. The van der Waals surface area contributed by atoms with Crippen molar-refractivity contribution in [2.75, 3.05) is 57.8 Å². The topological polar surface area (TPSA) is 60.1 Å². The lowest BCUT2D eigenvalue weighted by molar-refractivity contribution is 0.192. The summed E-state index contributed by atoms with van der Waals surface area (Å²) in [5, 5.41) is 3.57. The second-order valence-corrected chi connectivity index (χ2v) is 6.84. The van der Waals surface area contributed by atoms with Gasteiger partial charge in [0.05, 0.1) is 12.3 Å². The minimum Gasteiger partial charge on any atom is -0.468 e. The Bertz CT molecular complexity index is 712. The Balaban J connectivity index is 0.00000300. The highest BCUT2D eigenvalue weighted by Crippen LogP contribution is 2.20. The lowest BCUT2D eigenvalue weighted by atomic mass is 10.2. The molecule has 0 spiro atoms. The summed E-state index contributed by atoms with van der Waals surface area (Å²) in [6.45, 7) is 10.8. The molecule has 2 aromatic rings. The summed E-state index contributed by atoms with van der Waals surface area (Å²) >= 11 is 0. The number of anilines is 1. The van der Waals surface area contributed by atoms with Gasteiger partial charge in [-0.05, 0) is 37.4 Å². The van der Waals surface area contributed by atoms with Crippen molar-refractivity contribution < 1.29 is 4.42 Å². The highest BCUT2D eigenvalue weighted by atomic mass is 127. The number of halogens is 1. The number of nitrogens with one attached hydrogen (secondary N) is 1. The van der Waals surface area contributed by atoms with Crippen LogP contribution in [0.4, 0.5) is 5.82 Å². The van der Waals surface area contributed by atoms with Crippen LogP contribution in [0.1, 0.15) is 25.6 Å². The van der Waals surface area contributed by atoms with E-state index in [1.165, 1.54) is 0 Å². The zero-order valence-electron chi connectivity index (χ0n) is 17.6. The van der Waals surface area contributed by atoms with E-state index in [4.69, 9.17) is 4.42 Å². The van der Waals surface area contributed by atoms with Gasteiger partial charge < -0.3 is 19.5 Å². The molecular weight excluding hydrogens is 479 g/mol. The van der Waals surface area contributed by atoms with E-state index < -0.39 is 0 Å². The molecule has 1 unspecified atom stereocenters. The first-order valence-corrected chi connectivity index (χ1v) is 10.2. The van der Waals surface area contributed by atoms with Gasteiger partial charge in [0, 0.05) is 46.0 Å². The van der Waals surface area contributed by atoms with E-state index in [1.54, 1.807) is 6.26 Å². The number of hydrogen-bond acceptors (Lipinski definition) is 5. The molecule has 0 radical (unpaired) electrons. The molecule has 0 saturated carbocycles. The first-order valence-electron chi connectivity index (χ1n) is 10.2. The van der Waals surface area contributed by atoms with Gasteiger partial charge >= 0.3 is 0 Å². The van der Waals surface area contributed by atoms with E-state index in [0.717, 1.165) is 63.4 Å². The van der Waals surface area contributed by atoms with Crippen LogP contribution in [-0.4, -0.2) is 73.6 Å². The molecule has 1 saturated heterocycles. The maximum absolute atomic E-state index is 5.71. The summed E-state index contributed by atoms with van der Waals surface area (Å²) < 4.78 is 5.71. The van der Waals surface area contributed by atoms with Gasteiger partial charge in [0.2, 0.25) is 0 Å². The molecule has 3 heterocycles. The Morgan fingerprint density at radius 2 is 1.93 bits per heavy atom. The third kappa shape index (κ3) is 6.08. The highest BCUT2D eigenvalue weighted by Gasteiger charge is 2.24. The van der Waals surface area contributed by atoms with Gasteiger partial charge in [-0.1, -0.05) is 19.9 Å². The second kappa shape index (κ2) is 12.0. The summed E-state index contributed by atoms with van der Waals surface area (Å²) in [5.74, 6) is 2.99. The molecule has 1 N–H and O–H groups in total. The van der Waals surface area contributed by atoms with Gasteiger partial charge in [-0.25, -0.2) is 4.98 Å². The van der Waals surface area contributed by atoms with E-state index in [-0.39, 0.29) is 30.0 Å². The predicted octanol–water partition coefficient (Wildman–Crippen LogP) is 3.07. The maximum atomic E-state index is 5.71. The van der Waals surface area contributed by atoms with E-state index in [1.807, 2.05) is 31.4 Å². The molecule has 0 aliphatic carbocycles. The van der Waals surface area contributed by atoms with Crippen LogP contribution < -0.4 is 10.2 Å². The van der Waals surface area contributed by atoms with Crippen molar-refractivity contribution >= 4 is 35.8 Å². The molecule has 1 atom stereocenters. The summed E-state index contributed by atoms with van der Waals surface area (Å²) in [6.07, 6.45) is 3.60. The number of furan rings is 1. The van der Waals surface area contributed by atoms with Gasteiger partial charge in [-0.2, -0.15) is 0 Å². The smallest absolute Gasteiger partial charge is 0.193 e. The van der Waals surface area contributed by atoms with Crippen molar-refractivity contribution in [3.63, 3.8) is 0 Å². The highest BCUT2D eigenvalue weighted by molar-refractivity contribution is 14.0. The molecule has 1 aliphatic rings. The predicted molar refractivity (Wildman–Crippen MR) is 129 cm³/mol. The van der Waals surface area contributed by atoms with Crippen LogP contribution in [0.2, 0.25) is 0 Å². The third-order valence-corrected chi connectivity index (χ3v) is 5.34. The minimum atomic E-state index is 0. The average molecular weight is 512 g/mol. The SMILES string of the molecule is CCN(CC)C(CNC(=NC)N1CCN(c2ccccn2)CC1)c1ccco1.I. The lowest BCUT2D eigenvalue weighted by Gasteiger charge is -2.37.